The molecule has 1 aliphatic heterocycles. The Hall–Kier alpha value is -1.71. The maximum Gasteiger partial charge on any atom is 0.410 e. The average molecular weight is 290 g/mol. The molecule has 0 radical (unpaired) electrons. The number of hydrogen-bond acceptors (Lipinski definition) is 3. The van der Waals surface area contributed by atoms with Crippen LogP contribution in [-0.4, -0.2) is 37.2 Å². The lowest BCUT2D eigenvalue weighted by molar-refractivity contribution is 0.0225. The maximum absolute atomic E-state index is 12.4. The minimum absolute atomic E-state index is 0.110. The number of benzene rings is 1. The van der Waals surface area contributed by atoms with Gasteiger partial charge in [-0.2, -0.15) is 0 Å². The van der Waals surface area contributed by atoms with E-state index in [1.165, 1.54) is 5.56 Å². The standard InChI is InChI=1S/C17H26N2O2/c1-17(2,3)21-16(20)19-12-8-11-15(19)13-9-6-7-10-14(13)18(4)5/h6-7,9-10,15H,8,11-12H2,1-5H3/t15-/m0/s1. The highest BCUT2D eigenvalue weighted by Crippen LogP contribution is 2.37. The first-order valence-corrected chi connectivity index (χ1v) is 7.55. The number of anilines is 1. The van der Waals surface area contributed by atoms with Crippen molar-refractivity contribution < 1.29 is 9.53 Å². The minimum Gasteiger partial charge on any atom is -0.444 e. The molecule has 0 saturated carbocycles. The van der Waals surface area contributed by atoms with Crippen LogP contribution >= 0.6 is 0 Å². The second-order valence-corrected chi connectivity index (χ2v) is 6.79. The summed E-state index contributed by atoms with van der Waals surface area (Å²) in [7, 11) is 4.07. The van der Waals surface area contributed by atoms with Gasteiger partial charge in [0.1, 0.15) is 5.60 Å². The van der Waals surface area contributed by atoms with E-state index in [4.69, 9.17) is 4.74 Å². The third kappa shape index (κ3) is 3.69. The number of rotatable bonds is 2. The van der Waals surface area contributed by atoms with E-state index in [2.05, 4.69) is 17.0 Å². The van der Waals surface area contributed by atoms with E-state index in [1.807, 2.05) is 51.9 Å². The molecule has 1 amide bonds. The summed E-state index contributed by atoms with van der Waals surface area (Å²) < 4.78 is 5.55. The van der Waals surface area contributed by atoms with Gasteiger partial charge in [-0.25, -0.2) is 4.79 Å². The normalized spacial score (nSPS) is 18.7. The van der Waals surface area contributed by atoms with Gasteiger partial charge in [-0.3, -0.25) is 0 Å². The summed E-state index contributed by atoms with van der Waals surface area (Å²) in [5.41, 5.74) is 1.91. The quantitative estimate of drug-likeness (QED) is 0.830. The zero-order chi connectivity index (χ0) is 15.6. The SMILES string of the molecule is CN(C)c1ccccc1[C@@H]1CCCN1C(=O)OC(C)(C)C. The van der Waals surface area contributed by atoms with Crippen molar-refractivity contribution in [2.45, 2.75) is 45.3 Å². The van der Waals surface area contributed by atoms with Gasteiger partial charge < -0.3 is 14.5 Å². The summed E-state index contributed by atoms with van der Waals surface area (Å²) in [5.74, 6) is 0. The summed E-state index contributed by atoms with van der Waals surface area (Å²) in [6.07, 6.45) is 1.80. The van der Waals surface area contributed by atoms with Crippen molar-refractivity contribution in [3.8, 4) is 0 Å². The molecule has 2 rings (SSSR count). The lowest BCUT2D eigenvalue weighted by atomic mass is 10.0. The van der Waals surface area contributed by atoms with Crippen molar-refractivity contribution in [1.29, 1.82) is 0 Å². The number of carbonyl (C=O) groups is 1. The number of nitrogens with zero attached hydrogens (tertiary/aromatic N) is 2. The van der Waals surface area contributed by atoms with Crippen LogP contribution in [0.2, 0.25) is 0 Å². The molecule has 116 valence electrons. The third-order valence-corrected chi connectivity index (χ3v) is 3.66. The van der Waals surface area contributed by atoms with Crippen LogP contribution in [-0.2, 0) is 4.74 Å². The van der Waals surface area contributed by atoms with Gasteiger partial charge in [-0.1, -0.05) is 18.2 Å². The predicted molar refractivity (Wildman–Crippen MR) is 85.7 cm³/mol. The predicted octanol–water partition coefficient (Wildman–Crippen LogP) is 3.82. The topological polar surface area (TPSA) is 32.8 Å². The van der Waals surface area contributed by atoms with E-state index in [0.717, 1.165) is 25.1 Å². The first-order chi connectivity index (χ1) is 9.79. The summed E-state index contributed by atoms with van der Waals surface area (Å²) in [6.45, 7) is 6.48. The van der Waals surface area contributed by atoms with Crippen molar-refractivity contribution in [2.75, 3.05) is 25.5 Å². The van der Waals surface area contributed by atoms with Gasteiger partial charge in [0.2, 0.25) is 0 Å². The molecule has 0 bridgehead atoms. The monoisotopic (exact) mass is 290 g/mol. The van der Waals surface area contributed by atoms with Gasteiger partial charge in [-0.05, 0) is 45.2 Å². The fraction of sp³-hybridized carbons (Fsp3) is 0.588. The molecule has 1 aromatic carbocycles. The Kier molecular flexibility index (Phi) is 4.45. The second-order valence-electron chi connectivity index (χ2n) is 6.79. The Labute approximate surface area is 127 Å². The first-order valence-electron chi connectivity index (χ1n) is 7.55. The minimum atomic E-state index is -0.453. The van der Waals surface area contributed by atoms with Gasteiger partial charge in [-0.15, -0.1) is 0 Å². The fourth-order valence-corrected chi connectivity index (χ4v) is 2.81. The number of amides is 1. The smallest absolute Gasteiger partial charge is 0.410 e. The molecule has 1 saturated heterocycles. The molecule has 1 aromatic rings. The van der Waals surface area contributed by atoms with Crippen molar-refractivity contribution >= 4 is 11.8 Å². The number of ether oxygens (including phenoxy) is 1. The van der Waals surface area contributed by atoms with Crippen LogP contribution in [0.4, 0.5) is 10.5 Å². The van der Waals surface area contributed by atoms with Crippen LogP contribution in [0.3, 0.4) is 0 Å². The highest BCUT2D eigenvalue weighted by atomic mass is 16.6. The van der Waals surface area contributed by atoms with E-state index < -0.39 is 5.60 Å². The Morgan fingerprint density at radius 3 is 2.57 bits per heavy atom. The van der Waals surface area contributed by atoms with Gasteiger partial charge in [0, 0.05) is 26.3 Å². The zero-order valence-corrected chi connectivity index (χ0v) is 13.7. The van der Waals surface area contributed by atoms with Crippen LogP contribution in [0, 0.1) is 0 Å². The Bertz CT molecular complexity index is 506. The van der Waals surface area contributed by atoms with E-state index in [0.29, 0.717) is 0 Å². The molecule has 0 aliphatic carbocycles. The fourth-order valence-electron chi connectivity index (χ4n) is 2.81. The number of hydrogen-bond donors (Lipinski definition) is 0. The zero-order valence-electron chi connectivity index (χ0n) is 13.7. The Morgan fingerprint density at radius 2 is 1.95 bits per heavy atom. The molecule has 0 aromatic heterocycles. The highest BCUT2D eigenvalue weighted by molar-refractivity contribution is 5.70. The van der Waals surface area contributed by atoms with Crippen LogP contribution in [0.25, 0.3) is 0 Å². The molecular weight excluding hydrogens is 264 g/mol. The van der Waals surface area contributed by atoms with Crippen LogP contribution < -0.4 is 4.90 Å². The summed E-state index contributed by atoms with van der Waals surface area (Å²) >= 11 is 0. The molecule has 1 atom stereocenters. The molecular formula is C17H26N2O2. The lowest BCUT2D eigenvalue weighted by Gasteiger charge is -2.30. The van der Waals surface area contributed by atoms with Crippen molar-refractivity contribution in [3.05, 3.63) is 29.8 Å². The number of para-hydroxylation sites is 1. The molecule has 21 heavy (non-hydrogen) atoms. The maximum atomic E-state index is 12.4. The summed E-state index contributed by atoms with van der Waals surface area (Å²) in [4.78, 5) is 16.4. The molecule has 4 nitrogen and oxygen atoms in total. The number of carbonyl (C=O) groups excluding carboxylic acids is 1. The first kappa shape index (κ1) is 15.7. The molecule has 0 spiro atoms. The largest absolute Gasteiger partial charge is 0.444 e. The van der Waals surface area contributed by atoms with Crippen LogP contribution in [0.5, 0.6) is 0 Å². The Morgan fingerprint density at radius 1 is 1.29 bits per heavy atom. The van der Waals surface area contributed by atoms with Crippen LogP contribution in [0.15, 0.2) is 24.3 Å². The van der Waals surface area contributed by atoms with Gasteiger partial charge in [0.25, 0.3) is 0 Å². The summed E-state index contributed by atoms with van der Waals surface area (Å²) in [5, 5.41) is 0. The molecule has 4 heteroatoms. The molecule has 0 unspecified atom stereocenters. The van der Waals surface area contributed by atoms with Gasteiger partial charge >= 0.3 is 6.09 Å². The number of likely N-dealkylation sites (tertiary alicyclic amines) is 1. The van der Waals surface area contributed by atoms with E-state index in [9.17, 15) is 4.79 Å². The Balaban J connectivity index is 2.25. The van der Waals surface area contributed by atoms with Gasteiger partial charge in [0.05, 0.1) is 6.04 Å². The van der Waals surface area contributed by atoms with E-state index in [-0.39, 0.29) is 12.1 Å². The molecule has 1 heterocycles. The lowest BCUT2D eigenvalue weighted by Crippen LogP contribution is -2.36. The van der Waals surface area contributed by atoms with Crippen molar-refractivity contribution in [2.24, 2.45) is 0 Å². The third-order valence-electron chi connectivity index (χ3n) is 3.66. The van der Waals surface area contributed by atoms with Crippen LogP contribution in [0.1, 0.15) is 45.2 Å². The molecule has 1 fully saturated rings. The van der Waals surface area contributed by atoms with E-state index >= 15 is 0 Å². The molecule has 1 aliphatic rings. The van der Waals surface area contributed by atoms with Crippen molar-refractivity contribution in [1.82, 2.24) is 4.90 Å². The highest BCUT2D eigenvalue weighted by Gasteiger charge is 2.34. The second kappa shape index (κ2) is 5.96. The van der Waals surface area contributed by atoms with E-state index in [1.54, 1.807) is 0 Å². The summed E-state index contributed by atoms with van der Waals surface area (Å²) in [6, 6.07) is 8.39. The van der Waals surface area contributed by atoms with Gasteiger partial charge in [0.15, 0.2) is 0 Å². The van der Waals surface area contributed by atoms with Crippen molar-refractivity contribution in [3.63, 3.8) is 0 Å². The average Bonchev–Trinajstić information content (AvgIpc) is 2.85. The molecule has 0 N–H and O–H groups in total.